The van der Waals surface area contributed by atoms with Gasteiger partial charge in [0.15, 0.2) is 0 Å². The first-order valence-electron chi connectivity index (χ1n) is 8.81. The molecule has 0 aliphatic carbocycles. The number of ether oxygens (including phenoxy) is 1. The minimum absolute atomic E-state index is 0.139. The molecule has 2 aromatic rings. The molecule has 6 heteroatoms. The van der Waals surface area contributed by atoms with Crippen LogP contribution in [0.3, 0.4) is 0 Å². The Morgan fingerprint density at radius 1 is 0.852 bits per heavy atom. The molecule has 0 atom stereocenters. The Labute approximate surface area is 160 Å². The molecule has 0 saturated carbocycles. The molecule has 27 heavy (non-hydrogen) atoms. The van der Waals surface area contributed by atoms with E-state index in [4.69, 9.17) is 13.8 Å². The summed E-state index contributed by atoms with van der Waals surface area (Å²) in [4.78, 5) is 12.9. The van der Waals surface area contributed by atoms with Crippen molar-refractivity contribution in [2.75, 3.05) is 0 Å². The summed E-state index contributed by atoms with van der Waals surface area (Å²) >= 11 is 0. The summed E-state index contributed by atoms with van der Waals surface area (Å²) in [6, 6.07) is 17.7. The number of esters is 1. The van der Waals surface area contributed by atoms with Crippen LogP contribution in [0.25, 0.3) is 6.08 Å². The fourth-order valence-corrected chi connectivity index (χ4v) is 4.26. The monoisotopic (exact) mass is 388 g/mol. The van der Waals surface area contributed by atoms with Gasteiger partial charge in [-0.05, 0) is 51.5 Å². The molecule has 0 fully saturated rings. The molecule has 2 aromatic carbocycles. The number of hydrogen-bond donors (Lipinski definition) is 0. The molecular formula is C21H25O5P. The van der Waals surface area contributed by atoms with E-state index < -0.39 is 25.8 Å². The van der Waals surface area contributed by atoms with E-state index in [1.54, 1.807) is 64.1 Å². The molecule has 0 radical (unpaired) electrons. The molecule has 0 aliphatic heterocycles. The molecule has 0 bridgehead atoms. The SMILES string of the molecule is CC(C)OP(=O)(OC(C)C)/C(=C/c1ccccc1)C(=O)Oc1ccccc1. The van der Waals surface area contributed by atoms with Gasteiger partial charge in [-0.3, -0.25) is 4.57 Å². The van der Waals surface area contributed by atoms with Crippen LogP contribution in [0.5, 0.6) is 5.75 Å². The first kappa shape index (κ1) is 21.1. The fraction of sp³-hybridized carbons (Fsp3) is 0.286. The van der Waals surface area contributed by atoms with Gasteiger partial charge in [-0.2, -0.15) is 0 Å². The zero-order valence-corrected chi connectivity index (χ0v) is 16.9. The van der Waals surface area contributed by atoms with E-state index in [1.165, 1.54) is 6.08 Å². The van der Waals surface area contributed by atoms with Gasteiger partial charge in [-0.1, -0.05) is 48.5 Å². The Morgan fingerprint density at radius 3 is 1.81 bits per heavy atom. The van der Waals surface area contributed by atoms with Crippen molar-refractivity contribution < 1.29 is 23.1 Å². The van der Waals surface area contributed by atoms with Crippen molar-refractivity contribution in [2.45, 2.75) is 39.9 Å². The number of para-hydroxylation sites is 1. The number of rotatable bonds is 8. The lowest BCUT2D eigenvalue weighted by molar-refractivity contribution is -0.129. The minimum Gasteiger partial charge on any atom is -0.423 e. The fourth-order valence-electron chi connectivity index (χ4n) is 2.30. The van der Waals surface area contributed by atoms with Crippen molar-refractivity contribution in [3.05, 3.63) is 71.5 Å². The van der Waals surface area contributed by atoms with Gasteiger partial charge in [0.2, 0.25) is 0 Å². The van der Waals surface area contributed by atoms with Gasteiger partial charge in [0.25, 0.3) is 0 Å². The largest absolute Gasteiger partial charge is 0.423 e. The molecular weight excluding hydrogens is 363 g/mol. The van der Waals surface area contributed by atoms with Crippen LogP contribution in [0.1, 0.15) is 33.3 Å². The maximum atomic E-state index is 13.6. The number of carbonyl (C=O) groups is 1. The third-order valence-corrected chi connectivity index (χ3v) is 5.56. The average Bonchev–Trinajstić information content (AvgIpc) is 2.59. The van der Waals surface area contributed by atoms with Crippen molar-refractivity contribution in [1.82, 2.24) is 0 Å². The lowest BCUT2D eigenvalue weighted by Gasteiger charge is -2.24. The van der Waals surface area contributed by atoms with E-state index in [9.17, 15) is 9.36 Å². The summed E-state index contributed by atoms with van der Waals surface area (Å²) in [5, 5.41) is -0.139. The smallest absolute Gasteiger partial charge is 0.369 e. The van der Waals surface area contributed by atoms with Crippen LogP contribution in [0.2, 0.25) is 0 Å². The number of carbonyl (C=O) groups excluding carboxylic acids is 1. The Bertz CT molecular complexity index is 799. The third-order valence-electron chi connectivity index (χ3n) is 3.26. The molecule has 0 aromatic heterocycles. The molecule has 5 nitrogen and oxygen atoms in total. The van der Waals surface area contributed by atoms with Gasteiger partial charge >= 0.3 is 13.6 Å². The standard InChI is InChI=1S/C21H25O5P/c1-16(2)25-27(23,26-17(3)4)20(15-18-11-7-5-8-12-18)21(22)24-19-13-9-6-10-14-19/h5-17H,1-4H3/b20-15+. The lowest BCUT2D eigenvalue weighted by atomic mass is 10.2. The van der Waals surface area contributed by atoms with Crippen LogP contribution in [0, 0.1) is 0 Å². The maximum Gasteiger partial charge on any atom is 0.369 e. The predicted molar refractivity (Wildman–Crippen MR) is 107 cm³/mol. The van der Waals surface area contributed by atoms with Crippen LogP contribution in [-0.2, 0) is 18.4 Å². The molecule has 2 rings (SSSR count). The predicted octanol–water partition coefficient (Wildman–Crippen LogP) is 5.68. The highest BCUT2D eigenvalue weighted by Gasteiger charge is 2.38. The second-order valence-electron chi connectivity index (χ2n) is 6.45. The van der Waals surface area contributed by atoms with E-state index in [-0.39, 0.29) is 5.31 Å². The first-order chi connectivity index (χ1) is 12.8. The quantitative estimate of drug-likeness (QED) is 0.252. The maximum absolute atomic E-state index is 13.6. The third kappa shape index (κ3) is 6.47. The van der Waals surface area contributed by atoms with Crippen molar-refractivity contribution in [3.63, 3.8) is 0 Å². The van der Waals surface area contributed by atoms with Crippen LogP contribution in [-0.4, -0.2) is 18.2 Å². The summed E-state index contributed by atoms with van der Waals surface area (Å²) in [5.74, 6) is -0.420. The van der Waals surface area contributed by atoms with E-state index in [1.807, 2.05) is 24.3 Å². The molecule has 144 valence electrons. The zero-order valence-electron chi connectivity index (χ0n) is 16.0. The van der Waals surface area contributed by atoms with Gasteiger partial charge in [-0.25, -0.2) is 4.79 Å². The summed E-state index contributed by atoms with van der Waals surface area (Å²) < 4.78 is 30.2. The normalized spacial score (nSPS) is 12.4. The Hall–Kier alpha value is -2.20. The second-order valence-corrected chi connectivity index (χ2v) is 8.35. The highest BCUT2D eigenvalue weighted by Crippen LogP contribution is 2.58. The van der Waals surface area contributed by atoms with Crippen molar-refractivity contribution in [3.8, 4) is 5.75 Å². The summed E-state index contributed by atoms with van der Waals surface area (Å²) in [7, 11) is -3.91. The Morgan fingerprint density at radius 2 is 1.33 bits per heavy atom. The number of hydrogen-bond acceptors (Lipinski definition) is 5. The van der Waals surface area contributed by atoms with Crippen molar-refractivity contribution in [2.24, 2.45) is 0 Å². The average molecular weight is 388 g/mol. The first-order valence-corrected chi connectivity index (χ1v) is 10.4. The highest BCUT2D eigenvalue weighted by molar-refractivity contribution is 7.60. The zero-order chi connectivity index (χ0) is 19.9. The van der Waals surface area contributed by atoms with Gasteiger partial charge in [-0.15, -0.1) is 0 Å². The second kappa shape index (κ2) is 9.65. The molecule has 0 aliphatic rings. The van der Waals surface area contributed by atoms with Gasteiger partial charge in [0, 0.05) is 0 Å². The summed E-state index contributed by atoms with van der Waals surface area (Å²) in [5.41, 5.74) is 0.692. The van der Waals surface area contributed by atoms with E-state index in [2.05, 4.69) is 0 Å². The topological polar surface area (TPSA) is 61.8 Å². The van der Waals surface area contributed by atoms with Crippen molar-refractivity contribution in [1.29, 1.82) is 0 Å². The van der Waals surface area contributed by atoms with Gasteiger partial charge in [0.1, 0.15) is 11.1 Å². The minimum atomic E-state index is -3.91. The molecule has 0 spiro atoms. The summed E-state index contributed by atoms with van der Waals surface area (Å²) in [6.45, 7) is 6.94. The van der Waals surface area contributed by atoms with E-state index in [0.717, 1.165) is 0 Å². The van der Waals surface area contributed by atoms with Crippen LogP contribution < -0.4 is 4.74 Å². The Balaban J connectivity index is 2.48. The van der Waals surface area contributed by atoms with E-state index >= 15 is 0 Å². The number of benzene rings is 2. The van der Waals surface area contributed by atoms with Crippen LogP contribution in [0.4, 0.5) is 0 Å². The van der Waals surface area contributed by atoms with E-state index in [0.29, 0.717) is 11.3 Å². The van der Waals surface area contributed by atoms with Crippen LogP contribution in [0.15, 0.2) is 66.0 Å². The molecule has 0 unspecified atom stereocenters. The van der Waals surface area contributed by atoms with Crippen molar-refractivity contribution >= 4 is 19.6 Å². The molecule has 0 N–H and O–H groups in total. The lowest BCUT2D eigenvalue weighted by Crippen LogP contribution is -2.17. The van der Waals surface area contributed by atoms with Gasteiger partial charge in [0.05, 0.1) is 12.2 Å². The Kier molecular flexibility index (Phi) is 7.55. The summed E-state index contributed by atoms with van der Waals surface area (Å²) in [6.07, 6.45) is 0.688. The van der Waals surface area contributed by atoms with Gasteiger partial charge < -0.3 is 13.8 Å². The molecule has 0 amide bonds. The molecule has 0 heterocycles. The molecule has 0 saturated heterocycles. The highest BCUT2D eigenvalue weighted by atomic mass is 31.2. The van der Waals surface area contributed by atoms with Crippen LogP contribution >= 0.6 is 7.60 Å².